The third-order valence-electron chi connectivity index (χ3n) is 5.48. The third kappa shape index (κ3) is 3.13. The second-order valence-corrected chi connectivity index (χ2v) is 6.80. The fraction of sp³-hybridized carbons (Fsp3) is 0.938. The van der Waals surface area contributed by atoms with Crippen LogP contribution in [-0.4, -0.2) is 25.0 Å². The van der Waals surface area contributed by atoms with E-state index in [4.69, 9.17) is 0 Å². The van der Waals surface area contributed by atoms with E-state index in [2.05, 4.69) is 31.4 Å². The first-order valence-electron chi connectivity index (χ1n) is 8.11. The number of carbonyl (C=O) groups excluding carboxylic acids is 1. The maximum Gasteiger partial charge on any atom is 0.227 e. The Bertz CT molecular complexity index is 310. The largest absolute Gasteiger partial charge is 0.353 e. The average molecular weight is 266 g/mol. The van der Waals surface area contributed by atoms with Crippen molar-refractivity contribution in [1.82, 2.24) is 10.6 Å². The van der Waals surface area contributed by atoms with Gasteiger partial charge in [-0.3, -0.25) is 4.79 Å². The molecule has 2 rings (SSSR count). The summed E-state index contributed by atoms with van der Waals surface area (Å²) in [7, 11) is 0. The molecule has 2 fully saturated rings. The maximum absolute atomic E-state index is 12.7. The lowest BCUT2D eigenvalue weighted by Gasteiger charge is -2.37. The summed E-state index contributed by atoms with van der Waals surface area (Å²) in [6.45, 7) is 8.65. The number of hydrogen-bond acceptors (Lipinski definition) is 2. The molecule has 0 bridgehead atoms. The lowest BCUT2D eigenvalue weighted by molar-refractivity contribution is -0.132. The highest BCUT2D eigenvalue weighted by atomic mass is 16.2. The van der Waals surface area contributed by atoms with Crippen molar-refractivity contribution >= 4 is 5.91 Å². The van der Waals surface area contributed by atoms with E-state index in [1.807, 2.05) is 0 Å². The Balaban J connectivity index is 1.98. The highest BCUT2D eigenvalue weighted by Gasteiger charge is 2.41. The van der Waals surface area contributed by atoms with Gasteiger partial charge < -0.3 is 10.6 Å². The first-order chi connectivity index (χ1) is 9.09. The fourth-order valence-electron chi connectivity index (χ4n) is 3.85. The predicted octanol–water partition coefficient (Wildman–Crippen LogP) is 2.71. The molecule has 110 valence electrons. The van der Waals surface area contributed by atoms with E-state index in [0.717, 1.165) is 44.7 Å². The zero-order chi connectivity index (χ0) is 13.9. The minimum atomic E-state index is -0.130. The summed E-state index contributed by atoms with van der Waals surface area (Å²) in [5, 5.41) is 6.76. The SMILES string of the molecule is CCCC1(C(=O)NC2CCCC(C)C2C)CCNC1. The Hall–Kier alpha value is -0.570. The van der Waals surface area contributed by atoms with Gasteiger partial charge >= 0.3 is 0 Å². The lowest BCUT2D eigenvalue weighted by Crippen LogP contribution is -2.50. The van der Waals surface area contributed by atoms with Crippen LogP contribution in [0.1, 0.15) is 59.3 Å². The molecule has 1 heterocycles. The molecule has 1 amide bonds. The molecule has 0 aromatic carbocycles. The second-order valence-electron chi connectivity index (χ2n) is 6.80. The highest BCUT2D eigenvalue weighted by Crippen LogP contribution is 2.34. The highest BCUT2D eigenvalue weighted by molar-refractivity contribution is 5.83. The zero-order valence-electron chi connectivity index (χ0n) is 12.8. The first-order valence-corrected chi connectivity index (χ1v) is 8.11. The summed E-state index contributed by atoms with van der Waals surface area (Å²) in [6, 6.07) is 0.394. The van der Waals surface area contributed by atoms with Crippen molar-refractivity contribution in [2.45, 2.75) is 65.3 Å². The van der Waals surface area contributed by atoms with E-state index >= 15 is 0 Å². The van der Waals surface area contributed by atoms with Crippen LogP contribution in [0.5, 0.6) is 0 Å². The van der Waals surface area contributed by atoms with E-state index in [1.165, 1.54) is 12.8 Å². The fourth-order valence-corrected chi connectivity index (χ4v) is 3.85. The first kappa shape index (κ1) is 14.8. The maximum atomic E-state index is 12.7. The average Bonchev–Trinajstić information content (AvgIpc) is 2.85. The number of hydrogen-bond donors (Lipinski definition) is 2. The predicted molar refractivity (Wildman–Crippen MR) is 78.9 cm³/mol. The Kier molecular flexibility index (Phi) is 4.88. The van der Waals surface area contributed by atoms with E-state index in [9.17, 15) is 4.79 Å². The molecule has 19 heavy (non-hydrogen) atoms. The molecule has 3 heteroatoms. The molecule has 1 saturated heterocycles. The summed E-state index contributed by atoms with van der Waals surface area (Å²) in [6.07, 6.45) is 6.84. The Morgan fingerprint density at radius 2 is 2.16 bits per heavy atom. The number of rotatable bonds is 4. The lowest BCUT2D eigenvalue weighted by atomic mass is 9.76. The smallest absolute Gasteiger partial charge is 0.227 e. The monoisotopic (exact) mass is 266 g/mol. The van der Waals surface area contributed by atoms with Crippen molar-refractivity contribution in [3.8, 4) is 0 Å². The van der Waals surface area contributed by atoms with Crippen LogP contribution < -0.4 is 10.6 Å². The van der Waals surface area contributed by atoms with Crippen molar-refractivity contribution in [1.29, 1.82) is 0 Å². The summed E-state index contributed by atoms with van der Waals surface area (Å²) < 4.78 is 0. The molecule has 4 atom stereocenters. The number of amides is 1. The molecule has 1 saturated carbocycles. The topological polar surface area (TPSA) is 41.1 Å². The minimum Gasteiger partial charge on any atom is -0.353 e. The standard InChI is InChI=1S/C16H30N2O/c1-4-8-16(9-10-17-11-16)15(19)18-14-7-5-6-12(2)13(14)3/h12-14,17H,4-11H2,1-3H3,(H,18,19). The van der Waals surface area contributed by atoms with Gasteiger partial charge in [0, 0.05) is 12.6 Å². The molecule has 0 spiro atoms. The third-order valence-corrected chi connectivity index (χ3v) is 5.48. The van der Waals surface area contributed by atoms with Crippen molar-refractivity contribution in [2.75, 3.05) is 13.1 Å². The summed E-state index contributed by atoms with van der Waals surface area (Å²) >= 11 is 0. The molecular formula is C16H30N2O. The van der Waals surface area contributed by atoms with Crippen LogP contribution in [-0.2, 0) is 4.79 Å². The number of carbonyl (C=O) groups is 1. The van der Waals surface area contributed by atoms with Crippen molar-refractivity contribution in [3.05, 3.63) is 0 Å². The second kappa shape index (κ2) is 6.25. The summed E-state index contributed by atoms with van der Waals surface area (Å²) in [5.74, 6) is 1.67. The minimum absolute atomic E-state index is 0.130. The van der Waals surface area contributed by atoms with Gasteiger partial charge in [-0.05, 0) is 37.6 Å². The zero-order valence-corrected chi connectivity index (χ0v) is 12.8. The van der Waals surface area contributed by atoms with Gasteiger partial charge in [0.1, 0.15) is 0 Å². The van der Waals surface area contributed by atoms with Gasteiger partial charge in [-0.25, -0.2) is 0 Å². The van der Waals surface area contributed by atoms with Crippen molar-refractivity contribution in [2.24, 2.45) is 17.3 Å². The molecule has 0 aromatic rings. The van der Waals surface area contributed by atoms with Crippen LogP contribution in [0.4, 0.5) is 0 Å². The van der Waals surface area contributed by atoms with Crippen LogP contribution in [0.3, 0.4) is 0 Å². The van der Waals surface area contributed by atoms with Crippen LogP contribution >= 0.6 is 0 Å². The van der Waals surface area contributed by atoms with Gasteiger partial charge in [0.05, 0.1) is 5.41 Å². The Morgan fingerprint density at radius 3 is 2.79 bits per heavy atom. The molecule has 2 aliphatic rings. The van der Waals surface area contributed by atoms with Crippen LogP contribution in [0, 0.1) is 17.3 Å². The normalized spacial score (nSPS) is 39.2. The van der Waals surface area contributed by atoms with Gasteiger partial charge in [0.25, 0.3) is 0 Å². The van der Waals surface area contributed by atoms with Crippen molar-refractivity contribution < 1.29 is 4.79 Å². The van der Waals surface area contributed by atoms with E-state index in [0.29, 0.717) is 17.9 Å². The summed E-state index contributed by atoms with van der Waals surface area (Å²) in [4.78, 5) is 12.7. The van der Waals surface area contributed by atoms with Gasteiger partial charge in [0.15, 0.2) is 0 Å². The molecule has 1 aliphatic heterocycles. The quantitative estimate of drug-likeness (QED) is 0.821. The van der Waals surface area contributed by atoms with Crippen LogP contribution in [0.15, 0.2) is 0 Å². The molecule has 0 radical (unpaired) electrons. The van der Waals surface area contributed by atoms with Crippen LogP contribution in [0.25, 0.3) is 0 Å². The molecule has 1 aliphatic carbocycles. The molecule has 4 unspecified atom stereocenters. The van der Waals surface area contributed by atoms with E-state index in [-0.39, 0.29) is 5.41 Å². The molecule has 0 aromatic heterocycles. The van der Waals surface area contributed by atoms with E-state index in [1.54, 1.807) is 0 Å². The van der Waals surface area contributed by atoms with Crippen molar-refractivity contribution in [3.63, 3.8) is 0 Å². The van der Waals surface area contributed by atoms with Gasteiger partial charge in [-0.2, -0.15) is 0 Å². The Labute approximate surface area is 117 Å². The Morgan fingerprint density at radius 1 is 1.37 bits per heavy atom. The van der Waals surface area contributed by atoms with Gasteiger partial charge in [-0.15, -0.1) is 0 Å². The van der Waals surface area contributed by atoms with Gasteiger partial charge in [-0.1, -0.05) is 40.0 Å². The van der Waals surface area contributed by atoms with Crippen LogP contribution in [0.2, 0.25) is 0 Å². The number of nitrogens with one attached hydrogen (secondary N) is 2. The van der Waals surface area contributed by atoms with E-state index < -0.39 is 0 Å². The molecule has 2 N–H and O–H groups in total. The van der Waals surface area contributed by atoms with Gasteiger partial charge in [0.2, 0.25) is 5.91 Å². The molecular weight excluding hydrogens is 236 g/mol. The molecule has 3 nitrogen and oxygen atoms in total. The summed E-state index contributed by atoms with van der Waals surface area (Å²) in [5.41, 5.74) is -0.130.